The minimum Gasteiger partial charge on any atom is -0.352 e. The van der Waals surface area contributed by atoms with Gasteiger partial charge in [0.25, 0.3) is 15.9 Å². The Hall–Kier alpha value is -4.05. The second-order valence-corrected chi connectivity index (χ2v) is 11.2. The largest absolute Gasteiger partial charge is 0.352 e. The predicted octanol–water partition coefficient (Wildman–Crippen LogP) is 3.13. The monoisotopic (exact) mass is 537 g/mol. The van der Waals surface area contributed by atoms with E-state index in [9.17, 15) is 27.2 Å². The minimum atomic E-state index is -4.24. The number of hydrogen-bond acceptors (Lipinski definition) is 5. The first-order valence-electron chi connectivity index (χ1n) is 12.1. The number of amides is 3. The molecule has 0 spiro atoms. The minimum absolute atomic E-state index is 0.0104. The molecule has 198 valence electrons. The maximum absolute atomic E-state index is 13.8. The van der Waals surface area contributed by atoms with Crippen molar-refractivity contribution in [2.24, 2.45) is 0 Å². The van der Waals surface area contributed by atoms with Crippen LogP contribution in [-0.2, 0) is 32.6 Å². The average Bonchev–Trinajstić information content (AvgIpc) is 3.08. The third-order valence-electron chi connectivity index (χ3n) is 6.16. The molecule has 0 saturated carbocycles. The molecule has 0 radical (unpaired) electrons. The number of hydrogen-bond donors (Lipinski definition) is 1. The van der Waals surface area contributed by atoms with Gasteiger partial charge >= 0.3 is 0 Å². The van der Waals surface area contributed by atoms with E-state index in [1.807, 2.05) is 30.3 Å². The first-order chi connectivity index (χ1) is 18.1. The van der Waals surface area contributed by atoms with E-state index in [0.29, 0.717) is 9.87 Å². The van der Waals surface area contributed by atoms with Crippen molar-refractivity contribution in [3.63, 3.8) is 0 Å². The van der Waals surface area contributed by atoms with Gasteiger partial charge in [0.05, 0.1) is 5.56 Å². The molecular formula is C28H28FN3O5S. The highest BCUT2D eigenvalue weighted by Gasteiger charge is 2.43. The lowest BCUT2D eigenvalue weighted by molar-refractivity contribution is -0.141. The van der Waals surface area contributed by atoms with Crippen LogP contribution in [0.4, 0.5) is 4.39 Å². The van der Waals surface area contributed by atoms with Crippen LogP contribution in [0.2, 0.25) is 0 Å². The first kappa shape index (κ1) is 27.0. The summed E-state index contributed by atoms with van der Waals surface area (Å²) in [7, 11) is -4.24. The van der Waals surface area contributed by atoms with Crippen LogP contribution in [0.3, 0.4) is 0 Å². The van der Waals surface area contributed by atoms with E-state index in [1.54, 1.807) is 19.9 Å². The van der Waals surface area contributed by atoms with Crippen LogP contribution in [0.5, 0.6) is 0 Å². The highest BCUT2D eigenvalue weighted by molar-refractivity contribution is 7.90. The fraction of sp³-hybridized carbons (Fsp3) is 0.250. The summed E-state index contributed by atoms with van der Waals surface area (Å²) in [6.07, 6.45) is 0.146. The molecule has 3 aromatic carbocycles. The Morgan fingerprint density at radius 1 is 0.921 bits per heavy atom. The Kier molecular flexibility index (Phi) is 7.91. The SMILES string of the molecule is CC(C)NC(=O)C(Cc1ccccc1)N(Cc1ccc(F)cc1)C(=O)CN1C(=O)c2ccccc2S1(=O)=O. The fourth-order valence-corrected chi connectivity index (χ4v) is 5.84. The van der Waals surface area contributed by atoms with Gasteiger partial charge in [0.2, 0.25) is 11.8 Å². The van der Waals surface area contributed by atoms with Crippen LogP contribution in [0, 0.1) is 5.82 Å². The maximum Gasteiger partial charge on any atom is 0.269 e. The van der Waals surface area contributed by atoms with Gasteiger partial charge in [0.15, 0.2) is 0 Å². The smallest absolute Gasteiger partial charge is 0.269 e. The molecule has 1 aliphatic rings. The molecule has 0 aliphatic carbocycles. The zero-order valence-electron chi connectivity index (χ0n) is 21.0. The summed E-state index contributed by atoms with van der Waals surface area (Å²) in [4.78, 5) is 41.2. The molecular weight excluding hydrogens is 509 g/mol. The second kappa shape index (κ2) is 11.1. The van der Waals surface area contributed by atoms with Gasteiger partial charge in [-0.2, -0.15) is 0 Å². The van der Waals surface area contributed by atoms with Crippen molar-refractivity contribution in [1.29, 1.82) is 0 Å². The number of benzene rings is 3. The number of fused-ring (bicyclic) bond motifs is 1. The van der Waals surface area contributed by atoms with Gasteiger partial charge in [0.1, 0.15) is 23.3 Å². The van der Waals surface area contributed by atoms with Gasteiger partial charge in [-0.1, -0.05) is 54.6 Å². The van der Waals surface area contributed by atoms with Crippen molar-refractivity contribution in [3.8, 4) is 0 Å². The zero-order chi connectivity index (χ0) is 27.4. The maximum atomic E-state index is 13.8. The Morgan fingerprint density at radius 2 is 1.55 bits per heavy atom. The molecule has 1 atom stereocenters. The Labute approximate surface area is 221 Å². The number of sulfonamides is 1. The molecule has 10 heteroatoms. The van der Waals surface area contributed by atoms with E-state index >= 15 is 0 Å². The van der Waals surface area contributed by atoms with Gasteiger partial charge < -0.3 is 10.2 Å². The molecule has 3 amide bonds. The van der Waals surface area contributed by atoms with Crippen molar-refractivity contribution < 1.29 is 27.2 Å². The highest BCUT2D eigenvalue weighted by Crippen LogP contribution is 2.30. The third-order valence-corrected chi connectivity index (χ3v) is 7.95. The van der Waals surface area contributed by atoms with Crippen molar-refractivity contribution in [3.05, 3.63) is 101 Å². The van der Waals surface area contributed by atoms with Crippen LogP contribution < -0.4 is 5.32 Å². The van der Waals surface area contributed by atoms with E-state index < -0.39 is 46.1 Å². The van der Waals surface area contributed by atoms with Crippen LogP contribution in [0.25, 0.3) is 0 Å². The number of rotatable bonds is 9. The van der Waals surface area contributed by atoms with Crippen LogP contribution in [-0.4, -0.2) is 54.0 Å². The number of halogens is 1. The van der Waals surface area contributed by atoms with Gasteiger partial charge in [-0.15, -0.1) is 0 Å². The van der Waals surface area contributed by atoms with E-state index in [-0.39, 0.29) is 29.5 Å². The predicted molar refractivity (Wildman–Crippen MR) is 139 cm³/mol. The van der Waals surface area contributed by atoms with E-state index in [0.717, 1.165) is 5.56 Å². The fourth-order valence-electron chi connectivity index (χ4n) is 4.32. The lowest BCUT2D eigenvalue weighted by atomic mass is 10.0. The second-order valence-electron chi connectivity index (χ2n) is 9.33. The molecule has 38 heavy (non-hydrogen) atoms. The van der Waals surface area contributed by atoms with Crippen molar-refractivity contribution in [2.75, 3.05) is 6.54 Å². The quantitative estimate of drug-likeness (QED) is 0.452. The lowest BCUT2D eigenvalue weighted by Gasteiger charge is -2.33. The van der Waals surface area contributed by atoms with Crippen LogP contribution in [0.1, 0.15) is 35.3 Å². The zero-order valence-corrected chi connectivity index (χ0v) is 21.8. The molecule has 8 nitrogen and oxygen atoms in total. The molecule has 0 aromatic heterocycles. The summed E-state index contributed by atoms with van der Waals surface area (Å²) in [5, 5.41) is 2.83. The van der Waals surface area contributed by atoms with Crippen molar-refractivity contribution >= 4 is 27.7 Å². The van der Waals surface area contributed by atoms with Crippen molar-refractivity contribution in [1.82, 2.24) is 14.5 Å². The molecule has 0 bridgehead atoms. The van der Waals surface area contributed by atoms with Crippen LogP contribution >= 0.6 is 0 Å². The summed E-state index contributed by atoms with van der Waals surface area (Å²) in [6, 6.07) is 19.1. The molecule has 3 aromatic rings. The topological polar surface area (TPSA) is 104 Å². The molecule has 1 N–H and O–H groups in total. The van der Waals surface area contributed by atoms with E-state index in [4.69, 9.17) is 0 Å². The average molecular weight is 538 g/mol. The summed E-state index contributed by atoms with van der Waals surface area (Å²) >= 11 is 0. The molecule has 1 unspecified atom stereocenters. The summed E-state index contributed by atoms with van der Waals surface area (Å²) < 4.78 is 40.3. The molecule has 4 rings (SSSR count). The van der Waals surface area contributed by atoms with Gasteiger partial charge in [0, 0.05) is 19.0 Å². The molecule has 0 saturated heterocycles. The Bertz CT molecular complexity index is 1440. The number of nitrogens with one attached hydrogen (secondary N) is 1. The summed E-state index contributed by atoms with van der Waals surface area (Å²) in [5.74, 6) is -2.43. The lowest BCUT2D eigenvalue weighted by Crippen LogP contribution is -2.54. The standard InChI is InChI=1S/C28H28FN3O5S/c1-19(2)30-27(34)24(16-20-8-4-3-5-9-20)31(17-21-12-14-22(29)15-13-21)26(33)18-32-28(35)23-10-6-7-11-25(23)38(32,36)37/h3-15,19,24H,16-18H2,1-2H3,(H,30,34). The summed E-state index contributed by atoms with van der Waals surface area (Å²) in [6.45, 7) is 2.70. The number of nitrogens with zero attached hydrogens (tertiary/aromatic N) is 2. The first-order valence-corrected chi connectivity index (χ1v) is 13.6. The van der Waals surface area contributed by atoms with Gasteiger partial charge in [-0.05, 0) is 49.2 Å². The van der Waals surface area contributed by atoms with E-state index in [2.05, 4.69) is 5.32 Å². The highest BCUT2D eigenvalue weighted by atomic mass is 32.2. The van der Waals surface area contributed by atoms with Crippen LogP contribution in [0.15, 0.2) is 83.8 Å². The summed E-state index contributed by atoms with van der Waals surface area (Å²) in [5.41, 5.74) is 1.31. The normalized spacial score (nSPS) is 14.7. The third kappa shape index (κ3) is 5.75. The molecule has 1 aliphatic heterocycles. The molecule has 1 heterocycles. The van der Waals surface area contributed by atoms with Crippen molar-refractivity contribution in [2.45, 2.75) is 43.8 Å². The Morgan fingerprint density at radius 3 is 2.18 bits per heavy atom. The molecule has 0 fully saturated rings. The van der Waals surface area contributed by atoms with Gasteiger partial charge in [-0.25, -0.2) is 17.1 Å². The van der Waals surface area contributed by atoms with E-state index in [1.165, 1.54) is 47.4 Å². The Balaban J connectivity index is 1.71. The number of carbonyl (C=O) groups is 3. The van der Waals surface area contributed by atoms with Gasteiger partial charge in [-0.3, -0.25) is 14.4 Å². The number of carbonyl (C=O) groups excluding carboxylic acids is 3.